The highest BCUT2D eigenvalue weighted by Gasteiger charge is 2.17. The van der Waals surface area contributed by atoms with Crippen LogP contribution in [0.25, 0.3) is 0 Å². The molecule has 0 fully saturated rings. The van der Waals surface area contributed by atoms with Crippen LogP contribution in [-0.4, -0.2) is 23.0 Å². The van der Waals surface area contributed by atoms with Crippen molar-refractivity contribution >= 4 is 11.9 Å². The van der Waals surface area contributed by atoms with E-state index in [1.807, 2.05) is 0 Å². The summed E-state index contributed by atoms with van der Waals surface area (Å²) < 4.78 is 2.13. The van der Waals surface area contributed by atoms with E-state index in [9.17, 15) is 0 Å². The second-order valence-corrected chi connectivity index (χ2v) is 3.61. The second kappa shape index (κ2) is 4.74. The van der Waals surface area contributed by atoms with Gasteiger partial charge in [-0.25, -0.2) is 0 Å². The van der Waals surface area contributed by atoms with Gasteiger partial charge in [-0.1, -0.05) is 20.4 Å². The van der Waals surface area contributed by atoms with Gasteiger partial charge in [0.2, 0.25) is 5.71 Å². The molecule has 0 saturated carbocycles. The molecule has 1 aliphatic heterocycles. The lowest BCUT2D eigenvalue weighted by atomic mass is 10.2. The molecular formula is C11H18N3+. The van der Waals surface area contributed by atoms with E-state index in [1.54, 1.807) is 6.21 Å². The highest BCUT2D eigenvalue weighted by atomic mass is 15.3. The number of nitrogens with zero attached hydrogens (tertiary/aromatic N) is 2. The standard InChI is InChI=1S/C11H17N3/c1-5-14(7-6-9(2)3)11-8-12-13-10(11)4/h6-9H,4-5H2,1-3H3/p+1/b7-6-. The van der Waals surface area contributed by atoms with Crippen molar-refractivity contribution < 1.29 is 4.58 Å². The van der Waals surface area contributed by atoms with Crippen LogP contribution in [0.15, 0.2) is 29.7 Å². The first kappa shape index (κ1) is 10.7. The van der Waals surface area contributed by atoms with Crippen LogP contribution >= 0.6 is 0 Å². The van der Waals surface area contributed by atoms with E-state index in [2.05, 4.69) is 54.7 Å². The quantitative estimate of drug-likeness (QED) is 0.677. The molecule has 1 rings (SSSR count). The monoisotopic (exact) mass is 192 g/mol. The van der Waals surface area contributed by atoms with E-state index in [0.29, 0.717) is 5.92 Å². The number of allylic oxidation sites excluding steroid dienone is 2. The van der Waals surface area contributed by atoms with Crippen molar-refractivity contribution in [1.29, 1.82) is 0 Å². The van der Waals surface area contributed by atoms with E-state index in [1.165, 1.54) is 0 Å². The van der Waals surface area contributed by atoms with Gasteiger partial charge in [-0.2, -0.15) is 9.68 Å². The maximum Gasteiger partial charge on any atom is 0.250 e. The SMILES string of the molecule is C=C1NN=CC1=[N+](/C=C\C(C)C)CC. The van der Waals surface area contributed by atoms with Crippen molar-refractivity contribution in [3.8, 4) is 0 Å². The Labute approximate surface area is 85.5 Å². The Kier molecular flexibility index (Phi) is 3.63. The molecular weight excluding hydrogens is 174 g/mol. The number of nitrogens with one attached hydrogen (secondary N) is 1. The van der Waals surface area contributed by atoms with Crippen molar-refractivity contribution in [2.75, 3.05) is 6.54 Å². The predicted molar refractivity (Wildman–Crippen MR) is 60.6 cm³/mol. The molecule has 76 valence electrons. The fourth-order valence-corrected chi connectivity index (χ4v) is 1.19. The maximum atomic E-state index is 3.95. The zero-order valence-electron chi connectivity index (χ0n) is 9.12. The Balaban J connectivity index is 2.89. The molecule has 1 N–H and O–H groups in total. The molecule has 1 aliphatic rings. The smallest absolute Gasteiger partial charge is 0.250 e. The fraction of sp³-hybridized carbons (Fsp3) is 0.455. The highest BCUT2D eigenvalue weighted by molar-refractivity contribution is 6.36. The Morgan fingerprint density at radius 1 is 1.64 bits per heavy atom. The molecule has 0 amide bonds. The van der Waals surface area contributed by atoms with E-state index in [-0.39, 0.29) is 0 Å². The van der Waals surface area contributed by atoms with Gasteiger partial charge in [-0.05, 0) is 18.9 Å². The summed E-state index contributed by atoms with van der Waals surface area (Å²) in [6.07, 6.45) is 6.05. The number of hydrazone groups is 1. The molecule has 3 nitrogen and oxygen atoms in total. The topological polar surface area (TPSA) is 27.4 Å². The Morgan fingerprint density at radius 2 is 2.36 bits per heavy atom. The average Bonchev–Trinajstić information content (AvgIpc) is 2.53. The number of rotatable bonds is 3. The lowest BCUT2D eigenvalue weighted by molar-refractivity contribution is -0.450. The van der Waals surface area contributed by atoms with Crippen LogP contribution < -0.4 is 5.43 Å². The molecule has 14 heavy (non-hydrogen) atoms. The van der Waals surface area contributed by atoms with Crippen LogP contribution in [0, 0.1) is 5.92 Å². The molecule has 0 unspecified atom stereocenters. The van der Waals surface area contributed by atoms with E-state index in [4.69, 9.17) is 0 Å². The van der Waals surface area contributed by atoms with Gasteiger partial charge in [0.15, 0.2) is 6.20 Å². The van der Waals surface area contributed by atoms with Crippen LogP contribution in [0.5, 0.6) is 0 Å². The zero-order valence-corrected chi connectivity index (χ0v) is 9.12. The molecule has 0 saturated heterocycles. The Hall–Kier alpha value is -1.38. The van der Waals surface area contributed by atoms with Crippen molar-refractivity contribution in [3.05, 3.63) is 24.6 Å². The lowest BCUT2D eigenvalue weighted by Gasteiger charge is -1.98. The van der Waals surface area contributed by atoms with Crippen molar-refractivity contribution in [2.45, 2.75) is 20.8 Å². The molecule has 0 radical (unpaired) electrons. The third-order valence-electron chi connectivity index (χ3n) is 2.00. The first-order chi connectivity index (χ1) is 6.65. The summed E-state index contributed by atoms with van der Waals surface area (Å²) in [6.45, 7) is 11.2. The van der Waals surface area contributed by atoms with E-state index >= 15 is 0 Å². The minimum absolute atomic E-state index is 0.559. The first-order valence-electron chi connectivity index (χ1n) is 4.95. The number of hydrogen-bond acceptors (Lipinski definition) is 2. The zero-order chi connectivity index (χ0) is 10.6. The Bertz CT molecular complexity index is 308. The third kappa shape index (κ3) is 2.55. The van der Waals surface area contributed by atoms with Crippen LogP contribution in [0.2, 0.25) is 0 Å². The van der Waals surface area contributed by atoms with E-state index in [0.717, 1.165) is 18.0 Å². The summed E-state index contributed by atoms with van der Waals surface area (Å²) >= 11 is 0. The molecule has 0 aromatic carbocycles. The van der Waals surface area contributed by atoms with Crippen LogP contribution in [0.4, 0.5) is 0 Å². The van der Waals surface area contributed by atoms with Gasteiger partial charge in [0.25, 0.3) is 0 Å². The molecule has 0 spiro atoms. The van der Waals surface area contributed by atoms with E-state index < -0.39 is 0 Å². The summed E-state index contributed by atoms with van der Waals surface area (Å²) in [5.74, 6) is 0.559. The van der Waals surface area contributed by atoms with Gasteiger partial charge in [0, 0.05) is 0 Å². The van der Waals surface area contributed by atoms with Crippen LogP contribution in [0.1, 0.15) is 20.8 Å². The average molecular weight is 192 g/mol. The summed E-state index contributed by atoms with van der Waals surface area (Å²) in [5.41, 5.74) is 4.74. The number of hydrogen-bond donors (Lipinski definition) is 1. The van der Waals surface area contributed by atoms with Gasteiger partial charge in [-0.3, -0.25) is 5.43 Å². The maximum absolute atomic E-state index is 3.95. The van der Waals surface area contributed by atoms with Crippen LogP contribution in [-0.2, 0) is 0 Å². The van der Waals surface area contributed by atoms with Crippen molar-refractivity contribution in [2.24, 2.45) is 11.0 Å². The second-order valence-electron chi connectivity index (χ2n) is 3.61. The largest absolute Gasteiger partial charge is 0.272 e. The fourth-order valence-electron chi connectivity index (χ4n) is 1.19. The molecule has 1 heterocycles. The Morgan fingerprint density at radius 3 is 2.79 bits per heavy atom. The molecule has 0 bridgehead atoms. The third-order valence-corrected chi connectivity index (χ3v) is 2.00. The van der Waals surface area contributed by atoms with Gasteiger partial charge in [0.05, 0.1) is 0 Å². The minimum atomic E-state index is 0.559. The summed E-state index contributed by atoms with van der Waals surface area (Å²) in [4.78, 5) is 0. The normalized spacial score (nSPS) is 19.6. The minimum Gasteiger partial charge on any atom is -0.272 e. The lowest BCUT2D eigenvalue weighted by Crippen LogP contribution is -2.19. The van der Waals surface area contributed by atoms with Crippen LogP contribution in [0.3, 0.4) is 0 Å². The van der Waals surface area contributed by atoms with Crippen molar-refractivity contribution in [3.63, 3.8) is 0 Å². The first-order valence-corrected chi connectivity index (χ1v) is 4.95. The molecule has 0 aliphatic carbocycles. The van der Waals surface area contributed by atoms with Crippen molar-refractivity contribution in [1.82, 2.24) is 5.43 Å². The molecule has 3 heteroatoms. The molecule has 0 atom stereocenters. The molecule has 0 aromatic rings. The summed E-state index contributed by atoms with van der Waals surface area (Å²) in [5, 5.41) is 3.95. The summed E-state index contributed by atoms with van der Waals surface area (Å²) in [6, 6.07) is 0. The van der Waals surface area contributed by atoms with Gasteiger partial charge < -0.3 is 0 Å². The predicted octanol–water partition coefficient (Wildman–Crippen LogP) is 1.73. The van der Waals surface area contributed by atoms with Gasteiger partial charge >= 0.3 is 0 Å². The highest BCUT2D eigenvalue weighted by Crippen LogP contribution is 1.99. The molecule has 0 aromatic heterocycles. The van der Waals surface area contributed by atoms with Gasteiger partial charge in [0.1, 0.15) is 18.5 Å². The van der Waals surface area contributed by atoms with Gasteiger partial charge in [-0.15, -0.1) is 0 Å². The summed E-state index contributed by atoms with van der Waals surface area (Å²) in [7, 11) is 0.